The fourth-order valence-corrected chi connectivity index (χ4v) is 9.67. The molecule has 4 aliphatic carbocycles. The van der Waals surface area contributed by atoms with Gasteiger partial charge in [0.1, 0.15) is 36.0 Å². The number of ketones is 2. The van der Waals surface area contributed by atoms with Gasteiger partial charge in [0.25, 0.3) is 0 Å². The average molecular weight is 593 g/mol. The van der Waals surface area contributed by atoms with Gasteiger partial charge in [-0.3, -0.25) is 9.59 Å². The molecule has 14 atom stereocenters. The third kappa shape index (κ3) is 5.57. The van der Waals surface area contributed by atoms with Gasteiger partial charge in [-0.05, 0) is 79.4 Å². The molecule has 5 rings (SSSR count). The van der Waals surface area contributed by atoms with Crippen molar-refractivity contribution in [3.05, 3.63) is 11.6 Å². The molecule has 42 heavy (non-hydrogen) atoms. The maximum Gasteiger partial charge on any atom is 0.186 e. The first-order chi connectivity index (χ1) is 19.8. The minimum absolute atomic E-state index is 0.0513. The van der Waals surface area contributed by atoms with Crippen molar-refractivity contribution in [1.29, 1.82) is 0 Å². The number of carbonyl (C=O) groups excluding carboxylic acids is 2. The number of allylic oxidation sites excluding steroid dienone is 1. The van der Waals surface area contributed by atoms with Crippen molar-refractivity contribution >= 4 is 11.6 Å². The molecule has 14 unspecified atom stereocenters. The van der Waals surface area contributed by atoms with Crippen LogP contribution in [0.5, 0.6) is 0 Å². The molecule has 9 nitrogen and oxygen atoms in total. The molecule has 0 aromatic carbocycles. The van der Waals surface area contributed by atoms with Crippen LogP contribution in [0.25, 0.3) is 0 Å². The predicted molar refractivity (Wildman–Crippen MR) is 154 cm³/mol. The topological polar surface area (TPSA) is 154 Å². The first kappa shape index (κ1) is 32.2. The Kier molecular flexibility index (Phi) is 9.43. The van der Waals surface area contributed by atoms with E-state index in [2.05, 4.69) is 19.9 Å². The molecule has 1 saturated heterocycles. The molecule has 9 heteroatoms. The van der Waals surface area contributed by atoms with Crippen molar-refractivity contribution in [3.63, 3.8) is 0 Å². The summed E-state index contributed by atoms with van der Waals surface area (Å²) in [5.41, 5.74) is 1.35. The zero-order valence-corrected chi connectivity index (χ0v) is 25.7. The molecular formula is C33H52O9. The molecule has 0 aromatic rings. The quantitative estimate of drug-likeness (QED) is 0.254. The Hall–Kier alpha value is -1.20. The molecule has 0 aromatic heterocycles. The van der Waals surface area contributed by atoms with E-state index in [1.165, 1.54) is 5.57 Å². The second-order valence-electron chi connectivity index (χ2n) is 14.8. The standard InChI is InChI=1S/C33H52O9/c1-17(16-41-31-30(40)29(39)28(38)26(15-34)42-31)5-8-24(36)18(2)27-25(37)14-23-21-7-6-19-13-20(35)9-11-32(19,3)22(21)10-12-33(23,27)4/h6,17-18,20-23,26-31,34-35,38-40H,5,7-16H2,1-4H3. The molecule has 0 bridgehead atoms. The zero-order valence-electron chi connectivity index (χ0n) is 25.7. The smallest absolute Gasteiger partial charge is 0.186 e. The molecule has 3 saturated carbocycles. The summed E-state index contributed by atoms with van der Waals surface area (Å²) >= 11 is 0. The third-order valence-corrected chi connectivity index (χ3v) is 12.3. The highest BCUT2D eigenvalue weighted by Crippen LogP contribution is 2.66. The Labute approximate surface area is 249 Å². The van der Waals surface area contributed by atoms with Crippen molar-refractivity contribution in [2.24, 2.45) is 46.3 Å². The van der Waals surface area contributed by atoms with Gasteiger partial charge in [-0.2, -0.15) is 0 Å². The molecule has 5 N–H and O–H groups in total. The van der Waals surface area contributed by atoms with E-state index in [1.807, 2.05) is 13.8 Å². The summed E-state index contributed by atoms with van der Waals surface area (Å²) in [6, 6.07) is 0. The molecule has 238 valence electrons. The summed E-state index contributed by atoms with van der Waals surface area (Å²) < 4.78 is 11.1. The van der Waals surface area contributed by atoms with Crippen molar-refractivity contribution in [2.75, 3.05) is 13.2 Å². The number of fused-ring (bicyclic) bond motifs is 5. The summed E-state index contributed by atoms with van der Waals surface area (Å²) in [4.78, 5) is 27.1. The van der Waals surface area contributed by atoms with Crippen LogP contribution >= 0.6 is 0 Å². The monoisotopic (exact) mass is 592 g/mol. The zero-order chi connectivity index (χ0) is 30.6. The van der Waals surface area contributed by atoms with Crippen LogP contribution in [0.1, 0.15) is 85.5 Å². The number of rotatable bonds is 9. The maximum absolute atomic E-state index is 13.6. The molecule has 1 aliphatic heterocycles. The van der Waals surface area contributed by atoms with Gasteiger partial charge < -0.3 is 35.0 Å². The lowest BCUT2D eigenvalue weighted by Crippen LogP contribution is -2.59. The number of ether oxygens (including phenoxy) is 2. The molecular weight excluding hydrogens is 540 g/mol. The number of Topliss-reactive ketones (excluding diaryl/α,β-unsaturated/α-hetero) is 2. The van der Waals surface area contributed by atoms with Gasteiger partial charge >= 0.3 is 0 Å². The van der Waals surface area contributed by atoms with E-state index in [0.717, 1.165) is 38.5 Å². The maximum atomic E-state index is 13.6. The van der Waals surface area contributed by atoms with E-state index in [4.69, 9.17) is 9.47 Å². The van der Waals surface area contributed by atoms with Crippen LogP contribution in [-0.4, -0.2) is 87.1 Å². The minimum Gasteiger partial charge on any atom is -0.394 e. The summed E-state index contributed by atoms with van der Waals surface area (Å²) in [5.74, 6) is 0.938. The van der Waals surface area contributed by atoms with E-state index < -0.39 is 37.3 Å². The number of aliphatic hydroxyl groups excluding tert-OH is 5. The first-order valence-corrected chi connectivity index (χ1v) is 16.2. The van der Waals surface area contributed by atoms with Crippen LogP contribution in [0.3, 0.4) is 0 Å². The summed E-state index contributed by atoms with van der Waals surface area (Å²) in [5, 5.41) is 49.8. The van der Waals surface area contributed by atoms with Gasteiger partial charge in [0.2, 0.25) is 0 Å². The molecule has 5 aliphatic rings. The van der Waals surface area contributed by atoms with Crippen molar-refractivity contribution < 1.29 is 44.6 Å². The lowest BCUT2D eigenvalue weighted by molar-refractivity contribution is -0.303. The third-order valence-electron chi connectivity index (χ3n) is 12.3. The number of hydrogen-bond donors (Lipinski definition) is 5. The number of aliphatic hydroxyl groups is 5. The Morgan fingerprint density at radius 2 is 1.79 bits per heavy atom. The largest absolute Gasteiger partial charge is 0.394 e. The van der Waals surface area contributed by atoms with Gasteiger partial charge in [-0.1, -0.05) is 39.3 Å². The van der Waals surface area contributed by atoms with Gasteiger partial charge in [-0.15, -0.1) is 0 Å². The van der Waals surface area contributed by atoms with Crippen molar-refractivity contribution in [3.8, 4) is 0 Å². The Balaban J connectivity index is 1.17. The van der Waals surface area contributed by atoms with Crippen LogP contribution in [0.4, 0.5) is 0 Å². The Morgan fingerprint density at radius 1 is 1.05 bits per heavy atom. The molecule has 1 heterocycles. The summed E-state index contributed by atoms with van der Waals surface area (Å²) in [6.45, 7) is 8.15. The van der Waals surface area contributed by atoms with Crippen molar-refractivity contribution in [2.45, 2.75) is 122 Å². The highest BCUT2D eigenvalue weighted by Gasteiger charge is 2.62. The molecule has 0 spiro atoms. The predicted octanol–water partition coefficient (Wildman–Crippen LogP) is 2.54. The van der Waals surface area contributed by atoms with E-state index >= 15 is 0 Å². The number of carbonyl (C=O) groups is 2. The first-order valence-electron chi connectivity index (χ1n) is 16.2. The molecule has 0 amide bonds. The van der Waals surface area contributed by atoms with Gasteiger partial charge in [0.05, 0.1) is 19.3 Å². The fourth-order valence-electron chi connectivity index (χ4n) is 9.67. The summed E-state index contributed by atoms with van der Waals surface area (Å²) in [6.07, 6.45) is 2.60. The highest BCUT2D eigenvalue weighted by molar-refractivity contribution is 5.92. The van der Waals surface area contributed by atoms with Gasteiger partial charge in [-0.25, -0.2) is 0 Å². The molecule has 4 fully saturated rings. The second kappa shape index (κ2) is 12.3. The second-order valence-corrected chi connectivity index (χ2v) is 14.8. The van der Waals surface area contributed by atoms with Crippen LogP contribution < -0.4 is 0 Å². The minimum atomic E-state index is -1.49. The number of hydrogen-bond acceptors (Lipinski definition) is 9. The van der Waals surface area contributed by atoms with Crippen LogP contribution in [0.2, 0.25) is 0 Å². The normalized spacial score (nSPS) is 46.7. The van der Waals surface area contributed by atoms with Crippen LogP contribution in [0, 0.1) is 46.3 Å². The average Bonchev–Trinajstić information content (AvgIpc) is 3.24. The van der Waals surface area contributed by atoms with Gasteiger partial charge in [0.15, 0.2) is 6.29 Å². The Bertz CT molecular complexity index is 1040. The van der Waals surface area contributed by atoms with Crippen LogP contribution in [-0.2, 0) is 19.1 Å². The van der Waals surface area contributed by atoms with Crippen molar-refractivity contribution in [1.82, 2.24) is 0 Å². The van der Waals surface area contributed by atoms with E-state index in [-0.39, 0.29) is 58.8 Å². The van der Waals surface area contributed by atoms with E-state index in [0.29, 0.717) is 31.1 Å². The highest BCUT2D eigenvalue weighted by atomic mass is 16.7. The van der Waals surface area contributed by atoms with E-state index in [9.17, 15) is 35.1 Å². The Morgan fingerprint density at radius 3 is 2.50 bits per heavy atom. The summed E-state index contributed by atoms with van der Waals surface area (Å²) in [7, 11) is 0. The molecule has 0 radical (unpaired) electrons. The van der Waals surface area contributed by atoms with Gasteiger partial charge in [0, 0.05) is 24.7 Å². The SMILES string of the molecule is CC(CCC(=O)C(C)C1C(=O)CC2C3CC=C4CC(O)CCC4(C)C3CCC21C)COC1OC(CO)C(O)C(O)C1O. The fraction of sp³-hybridized carbons (Fsp3) is 0.879. The lowest BCUT2D eigenvalue weighted by atomic mass is 9.47. The van der Waals surface area contributed by atoms with Crippen LogP contribution in [0.15, 0.2) is 11.6 Å². The lowest BCUT2D eigenvalue weighted by Gasteiger charge is -2.58. The van der Waals surface area contributed by atoms with E-state index in [1.54, 1.807) is 0 Å².